The van der Waals surface area contributed by atoms with Crippen molar-refractivity contribution in [1.82, 2.24) is 15.0 Å². The molecule has 1 amide bonds. The highest BCUT2D eigenvalue weighted by molar-refractivity contribution is 5.78. The topological polar surface area (TPSA) is 68.5 Å². The van der Waals surface area contributed by atoms with Crippen molar-refractivity contribution < 1.29 is 14.1 Å². The van der Waals surface area contributed by atoms with Crippen molar-refractivity contribution in [2.75, 3.05) is 13.7 Å². The minimum atomic E-state index is -0.0405. The highest BCUT2D eigenvalue weighted by Crippen LogP contribution is 2.20. The highest BCUT2D eigenvalue weighted by Gasteiger charge is 2.17. The van der Waals surface area contributed by atoms with Gasteiger partial charge in [-0.3, -0.25) is 4.79 Å². The number of methoxy groups -OCH3 is 1. The molecule has 0 N–H and O–H groups in total. The van der Waals surface area contributed by atoms with Crippen LogP contribution in [0.5, 0.6) is 5.75 Å². The molecule has 0 saturated heterocycles. The Morgan fingerprint density at radius 1 is 1.12 bits per heavy atom. The Labute approximate surface area is 152 Å². The van der Waals surface area contributed by atoms with Gasteiger partial charge in [0, 0.05) is 18.7 Å². The lowest BCUT2D eigenvalue weighted by atomic mass is 10.2. The van der Waals surface area contributed by atoms with Gasteiger partial charge in [0.1, 0.15) is 12.2 Å². The maximum Gasteiger partial charge on any atom is 0.236 e. The van der Waals surface area contributed by atoms with Crippen LogP contribution in [0.4, 0.5) is 0 Å². The Morgan fingerprint density at radius 2 is 1.85 bits per heavy atom. The van der Waals surface area contributed by atoms with E-state index in [1.54, 1.807) is 12.0 Å². The van der Waals surface area contributed by atoms with Crippen molar-refractivity contribution in [3.05, 3.63) is 66.1 Å². The van der Waals surface area contributed by atoms with E-state index in [0.29, 0.717) is 24.8 Å². The lowest BCUT2D eigenvalue weighted by Crippen LogP contribution is -2.31. The number of rotatable bonds is 7. The largest absolute Gasteiger partial charge is 0.497 e. The third-order valence-corrected chi connectivity index (χ3v) is 4.07. The first-order valence-corrected chi connectivity index (χ1v) is 8.48. The summed E-state index contributed by atoms with van der Waals surface area (Å²) in [5.41, 5.74) is 1.90. The standard InChI is InChI=1S/C20H21N3O3/c1-3-23(14-15-7-5-4-6-8-15)19(24)13-18-21-20(22-26-18)16-9-11-17(25-2)12-10-16/h4-12H,3,13-14H2,1-2H3. The number of amides is 1. The van der Waals surface area contributed by atoms with Crippen molar-refractivity contribution >= 4 is 5.91 Å². The van der Waals surface area contributed by atoms with Crippen LogP contribution >= 0.6 is 0 Å². The fourth-order valence-corrected chi connectivity index (χ4v) is 2.61. The molecule has 3 rings (SSSR count). The van der Waals surface area contributed by atoms with E-state index in [4.69, 9.17) is 9.26 Å². The molecule has 0 fully saturated rings. The van der Waals surface area contributed by atoms with Gasteiger partial charge in [-0.15, -0.1) is 0 Å². The van der Waals surface area contributed by atoms with E-state index in [-0.39, 0.29) is 12.3 Å². The van der Waals surface area contributed by atoms with Crippen LogP contribution in [0, 0.1) is 0 Å². The molecule has 0 atom stereocenters. The summed E-state index contributed by atoms with van der Waals surface area (Å²) in [6, 6.07) is 17.3. The van der Waals surface area contributed by atoms with Crippen molar-refractivity contribution in [2.45, 2.75) is 19.9 Å². The number of aromatic nitrogens is 2. The number of carbonyl (C=O) groups is 1. The van der Waals surface area contributed by atoms with Crippen LogP contribution in [0.25, 0.3) is 11.4 Å². The molecule has 2 aromatic carbocycles. The van der Waals surface area contributed by atoms with E-state index < -0.39 is 0 Å². The number of nitrogens with zero attached hydrogens (tertiary/aromatic N) is 3. The molecule has 0 radical (unpaired) electrons. The molecule has 1 heterocycles. The summed E-state index contributed by atoms with van der Waals surface area (Å²) >= 11 is 0. The van der Waals surface area contributed by atoms with Crippen LogP contribution in [0.2, 0.25) is 0 Å². The molecule has 0 aliphatic heterocycles. The molecule has 0 aliphatic carbocycles. The third-order valence-electron chi connectivity index (χ3n) is 4.07. The van der Waals surface area contributed by atoms with Gasteiger partial charge in [-0.2, -0.15) is 4.98 Å². The van der Waals surface area contributed by atoms with Crippen molar-refractivity contribution in [3.63, 3.8) is 0 Å². The molecule has 1 aromatic heterocycles. The Kier molecular flexibility index (Phi) is 5.63. The number of hydrogen-bond acceptors (Lipinski definition) is 5. The van der Waals surface area contributed by atoms with Gasteiger partial charge in [0.05, 0.1) is 7.11 Å². The normalized spacial score (nSPS) is 10.5. The van der Waals surface area contributed by atoms with Gasteiger partial charge < -0.3 is 14.2 Å². The minimum absolute atomic E-state index is 0.0405. The van der Waals surface area contributed by atoms with Gasteiger partial charge in [0.2, 0.25) is 17.6 Å². The smallest absolute Gasteiger partial charge is 0.236 e. The Hall–Kier alpha value is -3.15. The van der Waals surface area contributed by atoms with E-state index in [9.17, 15) is 4.79 Å². The van der Waals surface area contributed by atoms with Crippen LogP contribution in [-0.2, 0) is 17.8 Å². The van der Waals surface area contributed by atoms with Crippen molar-refractivity contribution in [2.24, 2.45) is 0 Å². The fraction of sp³-hybridized carbons (Fsp3) is 0.250. The van der Waals surface area contributed by atoms with Gasteiger partial charge in [-0.1, -0.05) is 35.5 Å². The van der Waals surface area contributed by atoms with Gasteiger partial charge >= 0.3 is 0 Å². The molecule has 0 aliphatic rings. The average molecular weight is 351 g/mol. The Bertz CT molecular complexity index is 844. The average Bonchev–Trinajstić information content (AvgIpc) is 3.15. The molecule has 26 heavy (non-hydrogen) atoms. The zero-order valence-electron chi connectivity index (χ0n) is 14.9. The second-order valence-electron chi connectivity index (χ2n) is 5.81. The second-order valence-corrected chi connectivity index (χ2v) is 5.81. The Morgan fingerprint density at radius 3 is 2.50 bits per heavy atom. The number of carbonyl (C=O) groups excluding carboxylic acids is 1. The third kappa shape index (κ3) is 4.27. The van der Waals surface area contributed by atoms with E-state index in [1.165, 1.54) is 0 Å². The first-order valence-electron chi connectivity index (χ1n) is 8.48. The summed E-state index contributed by atoms with van der Waals surface area (Å²) in [6.07, 6.45) is 0.0871. The first kappa shape index (κ1) is 17.7. The minimum Gasteiger partial charge on any atom is -0.497 e. The number of benzene rings is 2. The second kappa shape index (κ2) is 8.29. The van der Waals surface area contributed by atoms with Crippen LogP contribution in [0.3, 0.4) is 0 Å². The van der Waals surface area contributed by atoms with Gasteiger partial charge in [0.25, 0.3) is 0 Å². The molecule has 0 spiro atoms. The van der Waals surface area contributed by atoms with E-state index in [0.717, 1.165) is 16.9 Å². The molecule has 0 bridgehead atoms. The van der Waals surface area contributed by atoms with Crippen molar-refractivity contribution in [1.29, 1.82) is 0 Å². The van der Waals surface area contributed by atoms with Gasteiger partial charge in [-0.25, -0.2) is 0 Å². The molecular weight excluding hydrogens is 330 g/mol. The highest BCUT2D eigenvalue weighted by atomic mass is 16.5. The molecule has 3 aromatic rings. The summed E-state index contributed by atoms with van der Waals surface area (Å²) in [5.74, 6) is 1.49. The molecule has 6 nitrogen and oxygen atoms in total. The maximum absolute atomic E-state index is 12.6. The predicted octanol–water partition coefficient (Wildman–Crippen LogP) is 3.34. The zero-order valence-corrected chi connectivity index (χ0v) is 14.9. The van der Waals surface area contributed by atoms with Crippen molar-refractivity contribution in [3.8, 4) is 17.1 Å². The van der Waals surface area contributed by atoms with Gasteiger partial charge in [0.15, 0.2) is 0 Å². The maximum atomic E-state index is 12.6. The molecule has 134 valence electrons. The summed E-state index contributed by atoms with van der Waals surface area (Å²) in [5, 5.41) is 3.97. The SMILES string of the molecule is CCN(Cc1ccccc1)C(=O)Cc1nc(-c2ccc(OC)cc2)no1. The fourth-order valence-electron chi connectivity index (χ4n) is 2.61. The van der Waals surface area contributed by atoms with Crippen LogP contribution in [-0.4, -0.2) is 34.6 Å². The summed E-state index contributed by atoms with van der Waals surface area (Å²) in [7, 11) is 1.61. The van der Waals surface area contributed by atoms with E-state index in [1.807, 2.05) is 61.5 Å². The van der Waals surface area contributed by atoms with E-state index in [2.05, 4.69) is 10.1 Å². The van der Waals surface area contributed by atoms with Gasteiger partial charge in [-0.05, 0) is 36.8 Å². The number of likely N-dealkylation sites (N-methyl/N-ethyl adjacent to an activating group) is 1. The Balaban J connectivity index is 1.66. The quantitative estimate of drug-likeness (QED) is 0.653. The summed E-state index contributed by atoms with van der Waals surface area (Å²) < 4.78 is 10.4. The lowest BCUT2D eigenvalue weighted by molar-refractivity contribution is -0.131. The molecule has 6 heteroatoms. The molecule has 0 saturated carbocycles. The lowest BCUT2D eigenvalue weighted by Gasteiger charge is -2.20. The molecule has 0 unspecified atom stereocenters. The number of ether oxygens (including phenoxy) is 1. The van der Waals surface area contributed by atoms with Crippen LogP contribution < -0.4 is 4.74 Å². The number of hydrogen-bond donors (Lipinski definition) is 0. The predicted molar refractivity (Wildman–Crippen MR) is 97.5 cm³/mol. The van der Waals surface area contributed by atoms with Crippen LogP contribution in [0.1, 0.15) is 18.4 Å². The zero-order chi connectivity index (χ0) is 18.4. The summed E-state index contributed by atoms with van der Waals surface area (Å²) in [4.78, 5) is 18.7. The molecular formula is C20H21N3O3. The monoisotopic (exact) mass is 351 g/mol. The van der Waals surface area contributed by atoms with Crippen LogP contribution in [0.15, 0.2) is 59.1 Å². The summed E-state index contributed by atoms with van der Waals surface area (Å²) in [6.45, 7) is 3.14. The first-order chi connectivity index (χ1) is 12.7. The van der Waals surface area contributed by atoms with E-state index >= 15 is 0 Å².